The first-order chi connectivity index (χ1) is 24.6. The minimum atomic E-state index is -0.534. The van der Waals surface area contributed by atoms with Gasteiger partial charge in [0.15, 0.2) is 23.0 Å². The van der Waals surface area contributed by atoms with Crippen LogP contribution in [0.5, 0.6) is 23.0 Å². The summed E-state index contributed by atoms with van der Waals surface area (Å²) in [5.41, 5.74) is 9.41. The summed E-state index contributed by atoms with van der Waals surface area (Å²) in [7, 11) is 0. The number of ether oxygens (including phenoxy) is 3. The van der Waals surface area contributed by atoms with Crippen molar-refractivity contribution in [2.45, 2.75) is 18.3 Å². The van der Waals surface area contributed by atoms with E-state index in [-0.39, 0.29) is 11.8 Å². The van der Waals surface area contributed by atoms with Crippen LogP contribution in [-0.2, 0) is 10.2 Å². The minimum absolute atomic E-state index is 0.0304. The maximum atomic E-state index is 8.77. The second-order valence-corrected chi connectivity index (χ2v) is 12.7. The first-order valence-electron chi connectivity index (χ1n) is 16.8. The SMILES string of the molecule is N=C(OC(=N)c1ccccc1-c1ccc2c(c1)Oc1cc3c(cc1O2)C(c1ccccc1)(c1ccccc1)c1ccccc1-3)C1=CCCC=C1. The summed E-state index contributed by atoms with van der Waals surface area (Å²) >= 11 is 0. The van der Waals surface area contributed by atoms with Gasteiger partial charge in [-0.25, -0.2) is 0 Å². The fourth-order valence-electron chi connectivity index (χ4n) is 7.61. The lowest BCUT2D eigenvalue weighted by molar-refractivity contribution is 0.359. The van der Waals surface area contributed by atoms with Crippen molar-refractivity contribution in [3.05, 3.63) is 191 Å². The monoisotopic (exact) mass is 648 g/mol. The Morgan fingerprint density at radius 2 is 1.18 bits per heavy atom. The fourth-order valence-corrected chi connectivity index (χ4v) is 7.61. The van der Waals surface area contributed by atoms with Crippen molar-refractivity contribution >= 4 is 11.8 Å². The highest BCUT2D eigenvalue weighted by Gasteiger charge is 2.47. The molecule has 1 heterocycles. The van der Waals surface area contributed by atoms with Gasteiger partial charge in [-0.3, -0.25) is 10.8 Å². The molecule has 1 aliphatic heterocycles. The predicted molar refractivity (Wildman–Crippen MR) is 198 cm³/mol. The van der Waals surface area contributed by atoms with Crippen LogP contribution < -0.4 is 9.47 Å². The third-order valence-corrected chi connectivity index (χ3v) is 9.85. The number of rotatable bonds is 5. The number of fused-ring (bicyclic) bond motifs is 5. The number of nitrogens with one attached hydrogen (secondary N) is 2. The van der Waals surface area contributed by atoms with Gasteiger partial charge in [0.1, 0.15) is 0 Å². The van der Waals surface area contributed by atoms with Crippen molar-refractivity contribution < 1.29 is 14.2 Å². The van der Waals surface area contributed by atoms with E-state index in [9.17, 15) is 0 Å². The molecule has 0 aromatic heterocycles. The lowest BCUT2D eigenvalue weighted by atomic mass is 9.67. The topological polar surface area (TPSA) is 75.4 Å². The molecular weight excluding hydrogens is 617 g/mol. The Morgan fingerprint density at radius 3 is 1.92 bits per heavy atom. The summed E-state index contributed by atoms with van der Waals surface area (Å²) in [5, 5.41) is 17.2. The Kier molecular flexibility index (Phi) is 7.06. The van der Waals surface area contributed by atoms with E-state index in [1.165, 1.54) is 22.3 Å². The van der Waals surface area contributed by atoms with E-state index >= 15 is 0 Å². The molecule has 6 aromatic carbocycles. The predicted octanol–water partition coefficient (Wildman–Crippen LogP) is 11.2. The van der Waals surface area contributed by atoms with E-state index in [2.05, 4.69) is 97.1 Å². The van der Waals surface area contributed by atoms with Gasteiger partial charge in [0.05, 0.1) is 5.41 Å². The molecule has 0 bridgehead atoms. The van der Waals surface area contributed by atoms with Crippen molar-refractivity contribution in [2.75, 3.05) is 0 Å². The van der Waals surface area contributed by atoms with E-state index in [4.69, 9.17) is 25.0 Å². The summed E-state index contributed by atoms with van der Waals surface area (Å²) in [5.74, 6) is 2.40. The molecule has 0 saturated carbocycles. The number of hydrogen-bond donors (Lipinski definition) is 2. The van der Waals surface area contributed by atoms with E-state index < -0.39 is 5.41 Å². The minimum Gasteiger partial charge on any atom is -0.450 e. The van der Waals surface area contributed by atoms with Crippen LogP contribution in [0.4, 0.5) is 0 Å². The number of hydrogen-bond acceptors (Lipinski definition) is 5. The van der Waals surface area contributed by atoms with Gasteiger partial charge >= 0.3 is 0 Å². The van der Waals surface area contributed by atoms with Crippen LogP contribution in [0.3, 0.4) is 0 Å². The molecule has 0 radical (unpaired) electrons. The third-order valence-electron chi connectivity index (χ3n) is 9.85. The van der Waals surface area contributed by atoms with Crippen molar-refractivity contribution in [3.8, 4) is 45.3 Å². The zero-order valence-electron chi connectivity index (χ0n) is 27.2. The van der Waals surface area contributed by atoms with Crippen molar-refractivity contribution in [2.24, 2.45) is 0 Å². The molecule has 0 atom stereocenters. The first kappa shape index (κ1) is 29.7. The molecule has 5 nitrogen and oxygen atoms in total. The van der Waals surface area contributed by atoms with Crippen molar-refractivity contribution in [3.63, 3.8) is 0 Å². The van der Waals surface area contributed by atoms with Gasteiger partial charge in [-0.05, 0) is 87.7 Å². The van der Waals surface area contributed by atoms with Crippen LogP contribution in [0.25, 0.3) is 22.3 Å². The van der Waals surface area contributed by atoms with Crippen LogP contribution in [0.15, 0.2) is 163 Å². The van der Waals surface area contributed by atoms with E-state index in [0.29, 0.717) is 34.1 Å². The molecule has 50 heavy (non-hydrogen) atoms. The molecule has 2 N–H and O–H groups in total. The lowest BCUT2D eigenvalue weighted by Crippen LogP contribution is -2.28. The normalized spacial score (nSPS) is 14.5. The van der Waals surface area contributed by atoms with Gasteiger partial charge in [-0.2, -0.15) is 0 Å². The summed E-state index contributed by atoms with van der Waals surface area (Å²) in [6, 6.07) is 47.7. The van der Waals surface area contributed by atoms with E-state index in [1.807, 2.05) is 60.7 Å². The highest BCUT2D eigenvalue weighted by Crippen LogP contribution is 2.59. The first-order valence-corrected chi connectivity index (χ1v) is 16.8. The Morgan fingerprint density at radius 1 is 0.540 bits per heavy atom. The second kappa shape index (κ2) is 11.9. The van der Waals surface area contributed by atoms with Crippen LogP contribution in [0, 0.1) is 10.8 Å². The highest BCUT2D eigenvalue weighted by atomic mass is 16.6. The van der Waals surface area contributed by atoms with Gasteiger partial charge in [0.2, 0.25) is 11.8 Å². The van der Waals surface area contributed by atoms with Crippen LogP contribution in [-0.4, -0.2) is 11.8 Å². The zero-order chi connectivity index (χ0) is 33.7. The lowest BCUT2D eigenvalue weighted by Gasteiger charge is -2.34. The molecule has 3 aliphatic rings. The highest BCUT2D eigenvalue weighted by molar-refractivity contribution is 6.08. The summed E-state index contributed by atoms with van der Waals surface area (Å²) in [4.78, 5) is 0. The molecule has 0 unspecified atom stereocenters. The maximum Gasteiger partial charge on any atom is 0.221 e. The average Bonchev–Trinajstić information content (AvgIpc) is 3.46. The molecule has 0 amide bonds. The van der Waals surface area contributed by atoms with Crippen LogP contribution >= 0.6 is 0 Å². The summed E-state index contributed by atoms with van der Waals surface area (Å²) in [6.07, 6.45) is 7.67. The largest absolute Gasteiger partial charge is 0.450 e. The van der Waals surface area contributed by atoms with Gasteiger partial charge in [-0.1, -0.05) is 127 Å². The molecule has 240 valence electrons. The van der Waals surface area contributed by atoms with Crippen molar-refractivity contribution in [1.29, 1.82) is 10.8 Å². The number of allylic oxidation sites excluding steroid dienone is 2. The molecule has 5 heteroatoms. The Bertz CT molecular complexity index is 2350. The average molecular weight is 649 g/mol. The van der Waals surface area contributed by atoms with Gasteiger partial charge < -0.3 is 14.2 Å². The fraction of sp³-hybridized carbons (Fsp3) is 0.0667. The maximum absolute atomic E-state index is 8.77. The Hall–Kier alpha value is -6.46. The molecule has 2 aliphatic carbocycles. The zero-order valence-corrected chi connectivity index (χ0v) is 27.2. The van der Waals surface area contributed by atoms with Gasteiger partial charge in [-0.15, -0.1) is 0 Å². The quantitative estimate of drug-likeness (QED) is 0.144. The van der Waals surface area contributed by atoms with Crippen LogP contribution in [0.1, 0.15) is 40.7 Å². The molecule has 0 spiro atoms. The summed E-state index contributed by atoms with van der Waals surface area (Å²) < 4.78 is 19.0. The second-order valence-electron chi connectivity index (χ2n) is 12.7. The van der Waals surface area contributed by atoms with Crippen molar-refractivity contribution in [1.82, 2.24) is 0 Å². The standard InChI is InChI=1S/C45H32N2O3/c46-43(29-14-4-1-5-15-29)50-44(47)35-22-11-10-20-33(35)30-24-25-39-40(26-30)49-41-27-36-34-21-12-13-23-37(34)45(31-16-6-2-7-17-31,32-18-8-3-9-19-32)38(36)28-42(41)48-39/h2-4,6-28,46-47H,1,5H2. The molecule has 9 rings (SSSR count). The van der Waals surface area contributed by atoms with E-state index in [0.717, 1.165) is 35.1 Å². The van der Waals surface area contributed by atoms with Crippen LogP contribution in [0.2, 0.25) is 0 Å². The Balaban J connectivity index is 1.11. The molecule has 0 fully saturated rings. The van der Waals surface area contributed by atoms with Gasteiger partial charge in [0, 0.05) is 11.1 Å². The van der Waals surface area contributed by atoms with E-state index in [1.54, 1.807) is 0 Å². The smallest absolute Gasteiger partial charge is 0.221 e. The molecule has 0 saturated heterocycles. The number of benzene rings is 6. The molecule has 6 aromatic rings. The third kappa shape index (κ3) is 4.70. The Labute approximate surface area is 290 Å². The molecular formula is C45H32N2O3. The van der Waals surface area contributed by atoms with Gasteiger partial charge in [0.25, 0.3) is 0 Å². The summed E-state index contributed by atoms with van der Waals surface area (Å²) in [6.45, 7) is 0.